The van der Waals surface area contributed by atoms with E-state index in [1.807, 2.05) is 6.07 Å². The van der Waals surface area contributed by atoms with Crippen LogP contribution in [0.1, 0.15) is 12.5 Å². The van der Waals surface area contributed by atoms with Crippen molar-refractivity contribution in [2.45, 2.75) is 12.1 Å². The Kier molecular flexibility index (Phi) is 7.87. The Balaban J connectivity index is 1.60. The zero-order valence-electron chi connectivity index (χ0n) is 18.5. The first-order chi connectivity index (χ1) is 16.3. The molecule has 14 heteroatoms. The summed E-state index contributed by atoms with van der Waals surface area (Å²) in [5.41, 5.74) is 4.37. The van der Waals surface area contributed by atoms with Gasteiger partial charge in [0.2, 0.25) is 11.1 Å². The van der Waals surface area contributed by atoms with Crippen LogP contribution in [0.2, 0.25) is 0 Å². The fourth-order valence-electron chi connectivity index (χ4n) is 2.74. The van der Waals surface area contributed by atoms with Gasteiger partial charge in [-0.05, 0) is 31.2 Å². The van der Waals surface area contributed by atoms with Gasteiger partial charge < -0.3 is 20.6 Å². The van der Waals surface area contributed by atoms with Crippen LogP contribution in [-0.4, -0.2) is 51.4 Å². The van der Waals surface area contributed by atoms with Crippen molar-refractivity contribution in [1.82, 2.24) is 14.9 Å². The van der Waals surface area contributed by atoms with E-state index in [0.29, 0.717) is 22.9 Å². The minimum Gasteiger partial charge on any atom is -0.493 e. The number of hydrogen-bond acceptors (Lipinski definition) is 11. The molecule has 4 N–H and O–H groups in total. The maximum Gasteiger partial charge on any atom is 0.271 e. The van der Waals surface area contributed by atoms with Gasteiger partial charge >= 0.3 is 0 Å². The van der Waals surface area contributed by atoms with Crippen molar-refractivity contribution in [1.29, 1.82) is 0 Å². The smallest absolute Gasteiger partial charge is 0.271 e. The predicted octanol–water partition coefficient (Wildman–Crippen LogP) is 2.48. The monoisotopic (exact) mass is 486 g/mol. The zero-order chi connectivity index (χ0) is 24.7. The van der Waals surface area contributed by atoms with Gasteiger partial charge in [-0.2, -0.15) is 5.10 Å². The first-order valence-electron chi connectivity index (χ1n) is 9.72. The molecule has 178 valence electrons. The van der Waals surface area contributed by atoms with Crippen molar-refractivity contribution in [2.75, 3.05) is 36.6 Å². The third-order valence-corrected chi connectivity index (χ3v) is 5.41. The van der Waals surface area contributed by atoms with Crippen molar-refractivity contribution in [3.63, 3.8) is 0 Å². The average Bonchev–Trinajstić information content (AvgIpc) is 3.19. The number of aromatic nitrogens is 3. The lowest BCUT2D eigenvalue weighted by atomic mass is 10.1. The molecule has 3 rings (SSSR count). The molecule has 13 nitrogen and oxygen atoms in total. The number of nitrogens with zero attached hydrogens (tertiary/aromatic N) is 5. The van der Waals surface area contributed by atoms with E-state index in [1.54, 1.807) is 39.3 Å². The molecule has 0 aliphatic heterocycles. The maximum atomic E-state index is 12.2. The maximum absolute atomic E-state index is 12.2. The summed E-state index contributed by atoms with van der Waals surface area (Å²) in [7, 11) is 3.10. The number of nitrogens with one attached hydrogen (secondary N) is 2. The van der Waals surface area contributed by atoms with Gasteiger partial charge in [0, 0.05) is 23.4 Å². The highest BCUT2D eigenvalue weighted by atomic mass is 32.2. The number of benzene rings is 2. The van der Waals surface area contributed by atoms with Gasteiger partial charge in [-0.1, -0.05) is 17.8 Å². The van der Waals surface area contributed by atoms with E-state index in [2.05, 4.69) is 26.0 Å². The predicted molar refractivity (Wildman–Crippen MR) is 128 cm³/mol. The zero-order valence-corrected chi connectivity index (χ0v) is 19.3. The minimum absolute atomic E-state index is 0.0358. The number of ether oxygens (including phenoxy) is 2. The van der Waals surface area contributed by atoms with E-state index >= 15 is 0 Å². The summed E-state index contributed by atoms with van der Waals surface area (Å²) >= 11 is 1.04. The number of non-ortho nitro benzene ring substituents is 1. The molecular formula is C20H22N8O5S. The fourth-order valence-corrected chi connectivity index (χ4v) is 3.39. The molecule has 0 saturated carbocycles. The van der Waals surface area contributed by atoms with Gasteiger partial charge in [-0.3, -0.25) is 14.9 Å². The van der Waals surface area contributed by atoms with Crippen LogP contribution in [0.5, 0.6) is 11.5 Å². The summed E-state index contributed by atoms with van der Waals surface area (Å²) < 4.78 is 11.7. The van der Waals surface area contributed by atoms with Gasteiger partial charge in [-0.25, -0.2) is 10.1 Å². The van der Waals surface area contributed by atoms with E-state index < -0.39 is 4.92 Å². The number of carbonyl (C=O) groups is 1. The van der Waals surface area contributed by atoms with Crippen LogP contribution < -0.4 is 26.1 Å². The number of anilines is 2. The number of carbonyl (C=O) groups excluding carboxylic acids is 1. The van der Waals surface area contributed by atoms with Crippen LogP contribution in [0.3, 0.4) is 0 Å². The number of nitro groups is 1. The standard InChI is InChI=1S/C20H22N8O5S/c1-12(13-7-8-16(32-2)17(9-13)33-3)23-24-19-25-26-20(27(19)21)34-11-18(29)22-14-5-4-6-15(10-14)28(30)31/h4-10H,11,21H2,1-3H3,(H,22,29)(H,24,25)/b23-12+. The molecule has 1 heterocycles. The first-order valence-corrected chi connectivity index (χ1v) is 10.7. The van der Waals surface area contributed by atoms with Gasteiger partial charge in [0.1, 0.15) is 0 Å². The van der Waals surface area contributed by atoms with Gasteiger partial charge in [-0.15, -0.1) is 10.2 Å². The molecule has 0 aliphatic carbocycles. The molecule has 0 saturated heterocycles. The van der Waals surface area contributed by atoms with Crippen LogP contribution in [0.25, 0.3) is 0 Å². The number of amides is 1. The largest absolute Gasteiger partial charge is 0.493 e. The molecule has 3 aromatic rings. The lowest BCUT2D eigenvalue weighted by Crippen LogP contribution is -2.17. The Labute approximate surface area is 198 Å². The second kappa shape index (κ2) is 11.0. The highest BCUT2D eigenvalue weighted by Crippen LogP contribution is 2.28. The summed E-state index contributed by atoms with van der Waals surface area (Å²) in [5.74, 6) is 6.92. The molecule has 0 aliphatic rings. The van der Waals surface area contributed by atoms with Crippen molar-refractivity contribution in [3.8, 4) is 11.5 Å². The molecule has 0 spiro atoms. The first kappa shape index (κ1) is 24.3. The Morgan fingerprint density at radius 2 is 1.97 bits per heavy atom. The molecular weight excluding hydrogens is 464 g/mol. The number of hydrogen-bond donors (Lipinski definition) is 3. The van der Waals surface area contributed by atoms with Crippen molar-refractivity contribution in [3.05, 3.63) is 58.1 Å². The number of rotatable bonds is 10. The molecule has 1 aromatic heterocycles. The summed E-state index contributed by atoms with van der Waals surface area (Å²) in [5, 5.41) is 25.9. The number of thioether (sulfide) groups is 1. The molecule has 0 unspecified atom stereocenters. The van der Waals surface area contributed by atoms with E-state index in [-0.39, 0.29) is 28.5 Å². The van der Waals surface area contributed by atoms with Gasteiger partial charge in [0.15, 0.2) is 11.5 Å². The molecule has 1 amide bonds. The van der Waals surface area contributed by atoms with Gasteiger partial charge in [0.05, 0.1) is 30.6 Å². The molecule has 0 atom stereocenters. The second-order valence-corrected chi connectivity index (χ2v) is 7.64. The Hall–Kier alpha value is -4.33. The second-order valence-electron chi connectivity index (χ2n) is 6.70. The highest BCUT2D eigenvalue weighted by molar-refractivity contribution is 7.99. The Bertz CT molecular complexity index is 1230. The summed E-state index contributed by atoms with van der Waals surface area (Å²) in [6, 6.07) is 11.0. The van der Waals surface area contributed by atoms with E-state index in [0.717, 1.165) is 22.0 Å². The third-order valence-electron chi connectivity index (χ3n) is 4.46. The average molecular weight is 487 g/mol. The quantitative estimate of drug-likeness (QED) is 0.127. The highest BCUT2D eigenvalue weighted by Gasteiger charge is 2.14. The molecule has 0 bridgehead atoms. The molecule has 0 radical (unpaired) electrons. The number of nitrogens with two attached hydrogens (primary N) is 1. The molecule has 34 heavy (non-hydrogen) atoms. The topological polar surface area (TPSA) is 172 Å². The SMILES string of the molecule is COc1ccc(/C(C)=N/Nc2nnc(SCC(=O)Nc3cccc([N+](=O)[O-])c3)n2N)cc1OC. The molecule has 0 fully saturated rings. The summed E-state index contributed by atoms with van der Waals surface area (Å²) in [6.45, 7) is 1.79. The van der Waals surface area contributed by atoms with Crippen LogP contribution in [-0.2, 0) is 4.79 Å². The summed E-state index contributed by atoms with van der Waals surface area (Å²) in [4.78, 5) is 22.5. The number of methoxy groups -OCH3 is 2. The van der Waals surface area contributed by atoms with Crippen LogP contribution in [0.4, 0.5) is 17.3 Å². The summed E-state index contributed by atoms with van der Waals surface area (Å²) in [6.07, 6.45) is 0. The minimum atomic E-state index is -0.537. The van der Waals surface area contributed by atoms with Crippen molar-refractivity contribution < 1.29 is 19.2 Å². The number of nitro benzene ring substituents is 1. The molecule has 2 aromatic carbocycles. The van der Waals surface area contributed by atoms with E-state index in [9.17, 15) is 14.9 Å². The van der Waals surface area contributed by atoms with Crippen LogP contribution >= 0.6 is 11.8 Å². The number of nitrogen functional groups attached to an aromatic ring is 1. The number of hydrazone groups is 1. The third kappa shape index (κ3) is 5.92. The Morgan fingerprint density at radius 1 is 1.21 bits per heavy atom. The fraction of sp³-hybridized carbons (Fsp3) is 0.200. The van der Waals surface area contributed by atoms with Crippen molar-refractivity contribution >= 4 is 40.7 Å². The Morgan fingerprint density at radius 3 is 2.68 bits per heavy atom. The van der Waals surface area contributed by atoms with E-state index in [4.69, 9.17) is 15.3 Å². The van der Waals surface area contributed by atoms with Gasteiger partial charge in [0.25, 0.3) is 11.6 Å². The lowest BCUT2D eigenvalue weighted by molar-refractivity contribution is -0.384. The lowest BCUT2D eigenvalue weighted by Gasteiger charge is -2.09. The van der Waals surface area contributed by atoms with Crippen LogP contribution in [0, 0.1) is 10.1 Å². The van der Waals surface area contributed by atoms with Crippen molar-refractivity contribution in [2.24, 2.45) is 5.10 Å². The van der Waals surface area contributed by atoms with E-state index in [1.165, 1.54) is 18.2 Å². The normalized spacial score (nSPS) is 11.1. The van der Waals surface area contributed by atoms with Crippen LogP contribution in [0.15, 0.2) is 52.7 Å².